The number of benzene rings is 1. The van der Waals surface area contributed by atoms with Crippen molar-refractivity contribution in [2.24, 2.45) is 0 Å². The molecule has 0 saturated carbocycles. The summed E-state index contributed by atoms with van der Waals surface area (Å²) in [6.07, 6.45) is 1.61. The van der Waals surface area contributed by atoms with Gasteiger partial charge in [0.2, 0.25) is 10.0 Å². The van der Waals surface area contributed by atoms with E-state index in [1.54, 1.807) is 0 Å². The Morgan fingerprint density at radius 2 is 1.67 bits per heavy atom. The van der Waals surface area contributed by atoms with E-state index < -0.39 is 16.0 Å². The summed E-state index contributed by atoms with van der Waals surface area (Å²) in [5, 5.41) is 2.76. The summed E-state index contributed by atoms with van der Waals surface area (Å²) in [5.41, 5.74) is 0.183. The molecule has 1 aromatic rings. The van der Waals surface area contributed by atoms with E-state index in [1.165, 1.54) is 38.4 Å². The number of carbonyl (C=O) groups is 2. The second-order valence-corrected chi connectivity index (χ2v) is 7.62. The third-order valence-corrected chi connectivity index (χ3v) is 5.38. The van der Waals surface area contributed by atoms with Crippen LogP contribution in [0.4, 0.5) is 0 Å². The first-order chi connectivity index (χ1) is 11.2. The van der Waals surface area contributed by atoms with Crippen LogP contribution in [-0.4, -0.2) is 51.3 Å². The molecule has 0 aliphatic carbocycles. The average Bonchev–Trinajstić information content (AvgIpc) is 2.57. The Labute approximate surface area is 143 Å². The lowest BCUT2D eigenvalue weighted by Gasteiger charge is -2.14. The van der Waals surface area contributed by atoms with E-state index in [0.717, 1.165) is 17.1 Å². The molecular formula is C16H24N2O5S. The Morgan fingerprint density at radius 3 is 2.12 bits per heavy atom. The molecule has 1 N–H and O–H groups in total. The number of hydrogen-bond donors (Lipinski definition) is 1. The Balaban J connectivity index is 2.65. The number of sulfonamides is 1. The molecule has 7 nitrogen and oxygen atoms in total. The second-order valence-electron chi connectivity index (χ2n) is 5.47. The van der Waals surface area contributed by atoms with Crippen molar-refractivity contribution in [1.82, 2.24) is 9.62 Å². The highest BCUT2D eigenvalue weighted by molar-refractivity contribution is 7.89. The van der Waals surface area contributed by atoms with E-state index in [1.807, 2.05) is 13.8 Å². The number of hydrogen-bond acceptors (Lipinski definition) is 5. The van der Waals surface area contributed by atoms with Crippen LogP contribution in [0.15, 0.2) is 29.2 Å². The maximum atomic E-state index is 11.9. The van der Waals surface area contributed by atoms with Crippen molar-refractivity contribution < 1.29 is 22.7 Å². The first-order valence-corrected chi connectivity index (χ1v) is 9.15. The average molecular weight is 356 g/mol. The van der Waals surface area contributed by atoms with Gasteiger partial charge in [-0.1, -0.05) is 13.8 Å². The van der Waals surface area contributed by atoms with E-state index in [0.29, 0.717) is 0 Å². The number of rotatable bonds is 8. The minimum Gasteiger partial charge on any atom is -0.452 e. The minimum absolute atomic E-state index is 0.0618. The van der Waals surface area contributed by atoms with Crippen LogP contribution in [0, 0.1) is 0 Å². The van der Waals surface area contributed by atoms with Gasteiger partial charge in [-0.05, 0) is 37.1 Å². The fourth-order valence-electron chi connectivity index (χ4n) is 1.95. The summed E-state index contributed by atoms with van der Waals surface area (Å²) < 4.78 is 29.9. The molecule has 24 heavy (non-hydrogen) atoms. The lowest BCUT2D eigenvalue weighted by Crippen LogP contribution is -2.36. The van der Waals surface area contributed by atoms with Crippen molar-refractivity contribution in [2.45, 2.75) is 37.6 Å². The summed E-state index contributed by atoms with van der Waals surface area (Å²) in [6, 6.07) is 5.44. The number of nitrogens with one attached hydrogen (secondary N) is 1. The van der Waals surface area contributed by atoms with Crippen LogP contribution in [0.5, 0.6) is 0 Å². The number of nitrogens with zero attached hydrogens (tertiary/aromatic N) is 1. The van der Waals surface area contributed by atoms with Crippen molar-refractivity contribution in [3.05, 3.63) is 29.8 Å². The van der Waals surface area contributed by atoms with Crippen molar-refractivity contribution in [3.8, 4) is 0 Å². The van der Waals surface area contributed by atoms with E-state index in [4.69, 9.17) is 4.74 Å². The third kappa shape index (κ3) is 5.31. The van der Waals surface area contributed by atoms with Crippen LogP contribution >= 0.6 is 0 Å². The molecule has 0 unspecified atom stereocenters. The molecule has 0 bridgehead atoms. The zero-order valence-corrected chi connectivity index (χ0v) is 15.2. The first-order valence-electron chi connectivity index (χ1n) is 7.71. The number of amides is 1. The Hall–Kier alpha value is -1.93. The Morgan fingerprint density at radius 1 is 1.12 bits per heavy atom. The van der Waals surface area contributed by atoms with Crippen LogP contribution < -0.4 is 5.32 Å². The molecule has 1 aromatic carbocycles. The molecule has 0 atom stereocenters. The SMILES string of the molecule is CCC(CC)NC(=O)COC(=O)c1ccc(S(=O)(=O)N(C)C)cc1. The van der Waals surface area contributed by atoms with Crippen molar-refractivity contribution in [2.75, 3.05) is 20.7 Å². The van der Waals surface area contributed by atoms with E-state index in [-0.39, 0.29) is 29.0 Å². The summed E-state index contributed by atoms with van der Waals surface area (Å²) in [5.74, 6) is -1.03. The molecule has 0 aliphatic heterocycles. The fourth-order valence-corrected chi connectivity index (χ4v) is 2.85. The molecule has 1 rings (SSSR count). The smallest absolute Gasteiger partial charge is 0.338 e. The molecule has 0 spiro atoms. The lowest BCUT2D eigenvalue weighted by molar-refractivity contribution is -0.125. The van der Waals surface area contributed by atoms with Crippen LogP contribution in [-0.2, 0) is 19.6 Å². The lowest BCUT2D eigenvalue weighted by atomic mass is 10.2. The van der Waals surface area contributed by atoms with Crippen molar-refractivity contribution in [3.63, 3.8) is 0 Å². The quantitative estimate of drug-likeness (QED) is 0.711. The molecule has 0 saturated heterocycles. The maximum absolute atomic E-state index is 11.9. The predicted octanol–water partition coefficient (Wildman–Crippen LogP) is 1.40. The number of ether oxygens (including phenoxy) is 1. The van der Waals surface area contributed by atoms with E-state index in [2.05, 4.69) is 5.32 Å². The molecule has 8 heteroatoms. The normalized spacial score (nSPS) is 11.6. The van der Waals surface area contributed by atoms with Gasteiger partial charge in [-0.2, -0.15) is 0 Å². The van der Waals surface area contributed by atoms with Crippen LogP contribution in [0.1, 0.15) is 37.0 Å². The monoisotopic (exact) mass is 356 g/mol. The Kier molecular flexibility index (Phi) is 7.37. The summed E-state index contributed by atoms with van der Waals surface area (Å²) >= 11 is 0. The minimum atomic E-state index is -3.55. The largest absolute Gasteiger partial charge is 0.452 e. The fraction of sp³-hybridized carbons (Fsp3) is 0.500. The highest BCUT2D eigenvalue weighted by Gasteiger charge is 2.18. The predicted molar refractivity (Wildman–Crippen MR) is 90.1 cm³/mol. The van der Waals surface area contributed by atoms with Gasteiger partial charge < -0.3 is 10.1 Å². The molecule has 0 fully saturated rings. The van der Waals surface area contributed by atoms with Gasteiger partial charge in [0.1, 0.15) is 0 Å². The van der Waals surface area contributed by atoms with Gasteiger partial charge in [0, 0.05) is 20.1 Å². The highest BCUT2D eigenvalue weighted by atomic mass is 32.2. The first kappa shape index (κ1) is 20.1. The van der Waals surface area contributed by atoms with Crippen LogP contribution in [0.3, 0.4) is 0 Å². The van der Waals surface area contributed by atoms with Crippen LogP contribution in [0.25, 0.3) is 0 Å². The molecule has 0 aliphatic rings. The summed E-state index contributed by atoms with van der Waals surface area (Å²) in [4.78, 5) is 23.7. The number of carbonyl (C=O) groups excluding carboxylic acids is 2. The van der Waals surface area contributed by atoms with E-state index >= 15 is 0 Å². The van der Waals surface area contributed by atoms with Gasteiger partial charge in [-0.3, -0.25) is 4.79 Å². The molecule has 134 valence electrons. The third-order valence-electron chi connectivity index (χ3n) is 3.55. The second kappa shape index (κ2) is 8.79. The summed E-state index contributed by atoms with van der Waals surface area (Å²) in [6.45, 7) is 3.56. The maximum Gasteiger partial charge on any atom is 0.338 e. The van der Waals surface area contributed by atoms with Crippen molar-refractivity contribution in [1.29, 1.82) is 0 Å². The van der Waals surface area contributed by atoms with Gasteiger partial charge in [-0.15, -0.1) is 0 Å². The molecule has 0 aromatic heterocycles. The van der Waals surface area contributed by atoms with Gasteiger partial charge in [0.15, 0.2) is 6.61 Å². The van der Waals surface area contributed by atoms with Gasteiger partial charge in [0.25, 0.3) is 5.91 Å². The van der Waals surface area contributed by atoms with Crippen molar-refractivity contribution >= 4 is 21.9 Å². The topological polar surface area (TPSA) is 92.8 Å². The molecule has 0 heterocycles. The van der Waals surface area contributed by atoms with Crippen LogP contribution in [0.2, 0.25) is 0 Å². The molecular weight excluding hydrogens is 332 g/mol. The summed E-state index contributed by atoms with van der Waals surface area (Å²) in [7, 11) is -0.694. The zero-order chi connectivity index (χ0) is 18.3. The molecule has 1 amide bonds. The number of esters is 1. The standard InChI is InChI=1S/C16H24N2O5S/c1-5-13(6-2)17-15(19)11-23-16(20)12-7-9-14(10-8-12)24(21,22)18(3)4/h7-10,13H,5-6,11H2,1-4H3,(H,17,19). The van der Waals surface area contributed by atoms with Gasteiger partial charge in [-0.25, -0.2) is 17.5 Å². The Bertz CT molecular complexity index is 664. The molecule has 0 radical (unpaired) electrons. The van der Waals surface area contributed by atoms with Gasteiger partial charge >= 0.3 is 5.97 Å². The highest BCUT2D eigenvalue weighted by Crippen LogP contribution is 2.14. The van der Waals surface area contributed by atoms with E-state index in [9.17, 15) is 18.0 Å². The van der Waals surface area contributed by atoms with Gasteiger partial charge in [0.05, 0.1) is 10.5 Å². The zero-order valence-electron chi connectivity index (χ0n) is 14.4.